The Labute approximate surface area is 92.6 Å². The van der Waals surface area contributed by atoms with E-state index in [2.05, 4.69) is 5.32 Å². The van der Waals surface area contributed by atoms with Gasteiger partial charge in [-0.25, -0.2) is 0 Å². The third-order valence-corrected chi connectivity index (χ3v) is 2.46. The number of carboxylic acid groups (broad SMARTS) is 1. The Balaban J connectivity index is 2.12. The molecule has 0 heterocycles. The number of rotatable bonds is 3. The first kappa shape index (κ1) is 10.4. The number of carbonyl (C=O) groups is 2. The SMILES string of the molecule is O=C(O)CN/C=C1\Cc2ccccc2C1=O. The van der Waals surface area contributed by atoms with Crippen LogP contribution in [0.25, 0.3) is 0 Å². The molecule has 0 fully saturated rings. The molecule has 16 heavy (non-hydrogen) atoms. The number of benzene rings is 1. The Hall–Kier alpha value is -2.10. The van der Waals surface area contributed by atoms with Gasteiger partial charge in [0.2, 0.25) is 0 Å². The number of hydrogen-bond donors (Lipinski definition) is 2. The summed E-state index contributed by atoms with van der Waals surface area (Å²) in [5, 5.41) is 11.1. The number of nitrogens with one attached hydrogen (secondary N) is 1. The lowest BCUT2D eigenvalue weighted by atomic mass is 10.1. The second-order valence-electron chi connectivity index (χ2n) is 3.61. The van der Waals surface area contributed by atoms with Crippen LogP contribution in [0.15, 0.2) is 36.0 Å². The highest BCUT2D eigenvalue weighted by Crippen LogP contribution is 2.25. The van der Waals surface area contributed by atoms with Gasteiger partial charge < -0.3 is 10.4 Å². The van der Waals surface area contributed by atoms with Gasteiger partial charge in [-0.3, -0.25) is 9.59 Å². The van der Waals surface area contributed by atoms with Crippen LogP contribution in [0, 0.1) is 0 Å². The van der Waals surface area contributed by atoms with Gasteiger partial charge in [0.15, 0.2) is 5.78 Å². The smallest absolute Gasteiger partial charge is 0.322 e. The van der Waals surface area contributed by atoms with E-state index in [4.69, 9.17) is 5.11 Å². The summed E-state index contributed by atoms with van der Waals surface area (Å²) >= 11 is 0. The molecular formula is C12H11NO3. The van der Waals surface area contributed by atoms with Gasteiger partial charge in [-0.1, -0.05) is 24.3 Å². The number of carbonyl (C=O) groups excluding carboxylic acids is 1. The highest BCUT2D eigenvalue weighted by Gasteiger charge is 2.23. The molecule has 4 nitrogen and oxygen atoms in total. The minimum atomic E-state index is -0.945. The normalized spacial score (nSPS) is 16.2. The molecule has 82 valence electrons. The first-order valence-corrected chi connectivity index (χ1v) is 4.95. The number of aliphatic carboxylic acids is 1. The molecule has 0 amide bonds. The fraction of sp³-hybridized carbons (Fsp3) is 0.167. The van der Waals surface area contributed by atoms with E-state index < -0.39 is 5.97 Å². The lowest BCUT2D eigenvalue weighted by Gasteiger charge is -1.97. The highest BCUT2D eigenvalue weighted by atomic mass is 16.4. The zero-order valence-corrected chi connectivity index (χ0v) is 8.56. The topological polar surface area (TPSA) is 66.4 Å². The van der Waals surface area contributed by atoms with Crippen molar-refractivity contribution in [2.24, 2.45) is 0 Å². The van der Waals surface area contributed by atoms with Gasteiger partial charge in [-0.2, -0.15) is 0 Å². The third kappa shape index (κ3) is 1.95. The van der Waals surface area contributed by atoms with Gasteiger partial charge in [-0.05, 0) is 5.56 Å². The molecule has 1 aliphatic rings. The first-order valence-electron chi connectivity index (χ1n) is 4.95. The molecule has 0 unspecified atom stereocenters. The number of ketones is 1. The molecule has 0 aromatic heterocycles. The molecule has 0 aliphatic heterocycles. The Morgan fingerprint density at radius 2 is 2.19 bits per heavy atom. The Kier molecular flexibility index (Phi) is 2.72. The number of Topliss-reactive ketones (excluding diaryl/α,β-unsaturated/α-hetero) is 1. The second kappa shape index (κ2) is 4.18. The zero-order valence-electron chi connectivity index (χ0n) is 8.56. The summed E-state index contributed by atoms with van der Waals surface area (Å²) in [7, 11) is 0. The van der Waals surface area contributed by atoms with Gasteiger partial charge in [0, 0.05) is 23.8 Å². The number of carboxylic acids is 1. The molecule has 1 aliphatic carbocycles. The monoisotopic (exact) mass is 217 g/mol. The van der Waals surface area contributed by atoms with E-state index in [9.17, 15) is 9.59 Å². The molecule has 0 bridgehead atoms. The standard InChI is InChI=1S/C12H11NO3/c14-11(15)7-13-6-9-5-8-3-1-2-4-10(8)12(9)16/h1-4,6,13H,5,7H2,(H,14,15)/b9-6+. The van der Waals surface area contributed by atoms with E-state index in [1.54, 1.807) is 6.07 Å². The van der Waals surface area contributed by atoms with Crippen LogP contribution in [0.2, 0.25) is 0 Å². The molecule has 0 atom stereocenters. The van der Waals surface area contributed by atoms with Crippen LogP contribution in [0.3, 0.4) is 0 Å². The summed E-state index contributed by atoms with van der Waals surface area (Å²) in [5.41, 5.74) is 2.32. The predicted molar refractivity (Wildman–Crippen MR) is 58.2 cm³/mol. The van der Waals surface area contributed by atoms with Gasteiger partial charge in [-0.15, -0.1) is 0 Å². The maximum absolute atomic E-state index is 11.8. The summed E-state index contributed by atoms with van der Waals surface area (Å²) in [5.74, 6) is -0.965. The molecule has 2 rings (SSSR count). The van der Waals surface area contributed by atoms with E-state index in [0.29, 0.717) is 17.6 Å². The van der Waals surface area contributed by atoms with Crippen LogP contribution >= 0.6 is 0 Å². The first-order chi connectivity index (χ1) is 7.68. The number of fused-ring (bicyclic) bond motifs is 1. The quantitative estimate of drug-likeness (QED) is 0.741. The second-order valence-corrected chi connectivity index (χ2v) is 3.61. The van der Waals surface area contributed by atoms with Gasteiger partial charge in [0.25, 0.3) is 0 Å². The van der Waals surface area contributed by atoms with E-state index in [0.717, 1.165) is 5.56 Å². The van der Waals surface area contributed by atoms with Crippen LogP contribution in [-0.2, 0) is 11.2 Å². The highest BCUT2D eigenvalue weighted by molar-refractivity contribution is 6.13. The fourth-order valence-electron chi connectivity index (χ4n) is 1.73. The largest absolute Gasteiger partial charge is 0.480 e. The molecule has 0 saturated heterocycles. The van der Waals surface area contributed by atoms with Crippen molar-refractivity contribution in [2.45, 2.75) is 6.42 Å². The molecular weight excluding hydrogens is 206 g/mol. The fourth-order valence-corrected chi connectivity index (χ4v) is 1.73. The lowest BCUT2D eigenvalue weighted by Crippen LogP contribution is -2.18. The van der Waals surface area contributed by atoms with Gasteiger partial charge >= 0.3 is 5.97 Å². The summed E-state index contributed by atoms with van der Waals surface area (Å²) in [6.45, 7) is -0.173. The van der Waals surface area contributed by atoms with Crippen molar-refractivity contribution < 1.29 is 14.7 Å². The van der Waals surface area contributed by atoms with E-state index in [-0.39, 0.29) is 12.3 Å². The van der Waals surface area contributed by atoms with Crippen molar-refractivity contribution in [1.82, 2.24) is 5.32 Å². The maximum atomic E-state index is 11.8. The Morgan fingerprint density at radius 1 is 1.44 bits per heavy atom. The lowest BCUT2D eigenvalue weighted by molar-refractivity contribution is -0.135. The molecule has 0 radical (unpaired) electrons. The van der Waals surface area contributed by atoms with Gasteiger partial charge in [0.1, 0.15) is 6.54 Å². The molecule has 1 aromatic rings. The van der Waals surface area contributed by atoms with Crippen molar-refractivity contribution in [2.75, 3.05) is 6.54 Å². The van der Waals surface area contributed by atoms with E-state index in [1.165, 1.54) is 6.20 Å². The molecule has 0 spiro atoms. The molecule has 1 aromatic carbocycles. The van der Waals surface area contributed by atoms with Crippen LogP contribution in [0.1, 0.15) is 15.9 Å². The van der Waals surface area contributed by atoms with Gasteiger partial charge in [0.05, 0.1) is 0 Å². The van der Waals surface area contributed by atoms with Crippen molar-refractivity contribution in [3.05, 3.63) is 47.2 Å². The Morgan fingerprint density at radius 3 is 2.88 bits per heavy atom. The summed E-state index contributed by atoms with van der Waals surface area (Å²) < 4.78 is 0. The van der Waals surface area contributed by atoms with Crippen molar-refractivity contribution in [3.8, 4) is 0 Å². The third-order valence-electron chi connectivity index (χ3n) is 2.46. The summed E-state index contributed by atoms with van der Waals surface area (Å²) in [4.78, 5) is 22.1. The average Bonchev–Trinajstić information content (AvgIpc) is 2.56. The minimum absolute atomic E-state index is 0.0199. The van der Waals surface area contributed by atoms with Crippen molar-refractivity contribution in [3.63, 3.8) is 0 Å². The molecule has 4 heteroatoms. The minimum Gasteiger partial charge on any atom is -0.480 e. The summed E-state index contributed by atoms with van der Waals surface area (Å²) in [6, 6.07) is 7.41. The van der Waals surface area contributed by atoms with Crippen LogP contribution in [0.5, 0.6) is 0 Å². The zero-order chi connectivity index (χ0) is 11.5. The van der Waals surface area contributed by atoms with E-state index >= 15 is 0 Å². The molecule has 0 saturated carbocycles. The predicted octanol–water partition coefficient (Wildman–Crippen LogP) is 0.983. The summed E-state index contributed by atoms with van der Waals surface area (Å²) in [6.07, 6.45) is 2.07. The molecule has 2 N–H and O–H groups in total. The van der Waals surface area contributed by atoms with Crippen molar-refractivity contribution in [1.29, 1.82) is 0 Å². The average molecular weight is 217 g/mol. The Bertz CT molecular complexity index is 477. The van der Waals surface area contributed by atoms with Crippen molar-refractivity contribution >= 4 is 11.8 Å². The maximum Gasteiger partial charge on any atom is 0.322 e. The van der Waals surface area contributed by atoms with Crippen LogP contribution in [0.4, 0.5) is 0 Å². The van der Waals surface area contributed by atoms with E-state index in [1.807, 2.05) is 18.2 Å². The van der Waals surface area contributed by atoms with Crippen LogP contribution in [-0.4, -0.2) is 23.4 Å². The number of hydrogen-bond acceptors (Lipinski definition) is 3. The van der Waals surface area contributed by atoms with Crippen LogP contribution < -0.4 is 5.32 Å². The number of allylic oxidation sites excluding steroid dienone is 1.